The van der Waals surface area contributed by atoms with Crippen molar-refractivity contribution >= 4 is 17.4 Å². The summed E-state index contributed by atoms with van der Waals surface area (Å²) in [4.78, 5) is 1.45. The van der Waals surface area contributed by atoms with E-state index < -0.39 is 0 Å². The molecule has 12 rings (SSSR count). The van der Waals surface area contributed by atoms with E-state index >= 15 is 0 Å². The number of rotatable bonds is 4. The second-order valence-electron chi connectivity index (χ2n) is 21.5. The molecule has 3 unspecified atom stereocenters. The molecule has 0 amide bonds. The number of ether oxygens (including phenoxy) is 1. The lowest BCUT2D eigenvalue weighted by molar-refractivity contribution is 0.306. The number of fused-ring (bicyclic) bond motifs is 8. The van der Waals surface area contributed by atoms with Crippen molar-refractivity contribution in [3.8, 4) is 5.75 Å². The van der Waals surface area contributed by atoms with Gasteiger partial charge in [0, 0.05) is 52.1 Å². The molecule has 0 saturated heterocycles. The lowest BCUT2D eigenvalue weighted by Crippen LogP contribution is -2.10. The van der Waals surface area contributed by atoms with Crippen LogP contribution in [0.2, 0.25) is 0 Å². The van der Waals surface area contributed by atoms with E-state index in [4.69, 9.17) is 4.74 Å². The summed E-state index contributed by atoms with van der Waals surface area (Å²) in [6.07, 6.45) is 2.35. The zero-order chi connectivity index (χ0) is 58.1. The van der Waals surface area contributed by atoms with Gasteiger partial charge in [0.05, 0.1) is 0 Å². The maximum absolute atomic E-state index is 5.96. The minimum Gasteiger partial charge on any atom is -0.489 e. The molecule has 0 saturated carbocycles. The van der Waals surface area contributed by atoms with Crippen LogP contribution in [0.4, 0.5) is 5.69 Å². The van der Waals surface area contributed by atoms with Gasteiger partial charge in [-0.1, -0.05) is 294 Å². The summed E-state index contributed by atoms with van der Waals surface area (Å²) in [5, 5.41) is 3.57. The third-order valence-corrected chi connectivity index (χ3v) is 16.5. The summed E-state index contributed by atoms with van der Waals surface area (Å²) in [6.45, 7) is 36.1. The largest absolute Gasteiger partial charge is 0.489 e. The molecular weight excluding hydrogens is 999 g/mol. The van der Waals surface area contributed by atoms with Crippen LogP contribution in [0.3, 0.4) is 0 Å². The molecule has 2 nitrogen and oxygen atoms in total. The highest BCUT2D eigenvalue weighted by atomic mass is 32.2. The Morgan fingerprint density at radius 2 is 0.667 bits per heavy atom. The van der Waals surface area contributed by atoms with Gasteiger partial charge in [-0.05, 0) is 121 Å². The van der Waals surface area contributed by atoms with Crippen molar-refractivity contribution in [1.29, 1.82) is 0 Å². The summed E-state index contributed by atoms with van der Waals surface area (Å²) >= 11 is 1.97. The number of hydrogen-bond donors (Lipinski definition) is 1. The Morgan fingerprint density at radius 1 is 0.346 bits per heavy atom. The predicted molar refractivity (Wildman–Crippen MR) is 359 cm³/mol. The van der Waals surface area contributed by atoms with E-state index in [9.17, 15) is 0 Å². The summed E-state index contributed by atoms with van der Waals surface area (Å²) in [6, 6.07) is 70.3. The molecule has 0 spiro atoms. The van der Waals surface area contributed by atoms with E-state index in [1.165, 1.54) is 95.7 Å². The van der Waals surface area contributed by atoms with Gasteiger partial charge in [0.2, 0.25) is 0 Å². The summed E-state index contributed by atoms with van der Waals surface area (Å²) in [5.74, 6) is 6.58. The van der Waals surface area contributed by atoms with Crippen molar-refractivity contribution in [3.63, 3.8) is 0 Å². The van der Waals surface area contributed by atoms with E-state index in [0.29, 0.717) is 54.0 Å². The normalized spacial score (nSPS) is 15.5. The summed E-state index contributed by atoms with van der Waals surface area (Å²) in [5.41, 5.74) is 20.3. The van der Waals surface area contributed by atoms with Gasteiger partial charge in [-0.2, -0.15) is 0 Å². The Morgan fingerprint density at radius 3 is 1.17 bits per heavy atom. The summed E-state index contributed by atoms with van der Waals surface area (Å²) in [7, 11) is 0. The second kappa shape index (κ2) is 34.9. The number of thioether (sulfide) groups is 1. The van der Waals surface area contributed by atoms with Crippen LogP contribution >= 0.6 is 11.8 Å². The second-order valence-corrected chi connectivity index (χ2v) is 22.5. The SMILES string of the molecule is C.CC.CC.CC.CC.CC(C)C1c2ccccc2CCc2ccccc21.CC(C)C1c2ccccc2CNc2ccccc21.CC(C)C1c2ccccc2COc2ccccc21.CC(C)C1c2ccccc2CSc2ccccc21. The smallest absolute Gasteiger partial charge is 0.123 e. The fraction of sp³-hybridized carbons (Fsp3) is 0.385. The number of para-hydroxylation sites is 2. The van der Waals surface area contributed by atoms with Gasteiger partial charge < -0.3 is 10.1 Å². The van der Waals surface area contributed by atoms with Crippen LogP contribution in [-0.2, 0) is 31.7 Å². The van der Waals surface area contributed by atoms with Crippen molar-refractivity contribution in [3.05, 3.63) is 266 Å². The first-order chi connectivity index (χ1) is 39.1. The van der Waals surface area contributed by atoms with Crippen LogP contribution in [0, 0.1) is 23.7 Å². The molecule has 0 radical (unpaired) electrons. The average molecular weight is 1100 g/mol. The quantitative estimate of drug-likeness (QED) is 0.190. The zero-order valence-electron chi connectivity index (χ0n) is 51.9. The molecule has 3 aliphatic heterocycles. The molecular formula is C78H103NOS. The molecule has 3 heteroatoms. The van der Waals surface area contributed by atoms with Crippen molar-refractivity contribution in [1.82, 2.24) is 0 Å². The van der Waals surface area contributed by atoms with Gasteiger partial charge in [-0.15, -0.1) is 11.8 Å². The number of aryl methyl sites for hydroxylation is 2. The Kier molecular flexibility index (Phi) is 28.9. The third-order valence-electron chi connectivity index (χ3n) is 15.3. The van der Waals surface area contributed by atoms with E-state index in [0.717, 1.165) is 18.0 Å². The molecule has 0 fully saturated rings. The van der Waals surface area contributed by atoms with Crippen molar-refractivity contribution in [2.75, 3.05) is 5.32 Å². The number of hydrogen-bond acceptors (Lipinski definition) is 3. The van der Waals surface area contributed by atoms with Gasteiger partial charge in [-0.25, -0.2) is 0 Å². The Bertz CT molecular complexity index is 2450. The average Bonchev–Trinajstić information content (AvgIpc) is 3.99. The zero-order valence-corrected chi connectivity index (χ0v) is 52.8. The lowest BCUT2D eigenvalue weighted by atomic mass is 9.80. The molecule has 3 atom stereocenters. The van der Waals surface area contributed by atoms with Crippen LogP contribution in [0.15, 0.2) is 199 Å². The molecule has 1 aliphatic carbocycles. The van der Waals surface area contributed by atoms with Crippen molar-refractivity contribution in [2.45, 2.75) is 179 Å². The molecule has 1 N–H and O–H groups in total. The van der Waals surface area contributed by atoms with Crippen molar-refractivity contribution in [2.24, 2.45) is 23.7 Å². The number of anilines is 1. The predicted octanol–water partition coefficient (Wildman–Crippen LogP) is 23.2. The molecule has 0 aromatic heterocycles. The number of nitrogens with one attached hydrogen (secondary N) is 1. The Balaban J connectivity index is 0.000000222. The van der Waals surface area contributed by atoms with E-state index in [-0.39, 0.29) is 7.43 Å². The minimum atomic E-state index is 0. The molecule has 3 heterocycles. The fourth-order valence-electron chi connectivity index (χ4n) is 12.0. The van der Waals surface area contributed by atoms with E-state index in [1.54, 1.807) is 0 Å². The van der Waals surface area contributed by atoms with Crippen LogP contribution in [0.1, 0.15) is 214 Å². The highest BCUT2D eigenvalue weighted by Crippen LogP contribution is 2.45. The van der Waals surface area contributed by atoms with Gasteiger partial charge in [-0.3, -0.25) is 0 Å². The van der Waals surface area contributed by atoms with Crippen LogP contribution in [-0.4, -0.2) is 0 Å². The fourth-order valence-corrected chi connectivity index (χ4v) is 13.2. The maximum Gasteiger partial charge on any atom is 0.123 e. The first kappa shape index (κ1) is 67.2. The molecule has 81 heavy (non-hydrogen) atoms. The van der Waals surface area contributed by atoms with Crippen LogP contribution < -0.4 is 10.1 Å². The van der Waals surface area contributed by atoms with Crippen LogP contribution in [0.5, 0.6) is 5.75 Å². The topological polar surface area (TPSA) is 21.3 Å². The highest BCUT2D eigenvalue weighted by Gasteiger charge is 2.29. The molecule has 0 bridgehead atoms. The van der Waals surface area contributed by atoms with Gasteiger partial charge in [0.15, 0.2) is 0 Å². The van der Waals surface area contributed by atoms with E-state index in [2.05, 4.69) is 249 Å². The third kappa shape index (κ3) is 16.9. The molecule has 432 valence electrons. The lowest BCUT2D eigenvalue weighted by Gasteiger charge is -2.24. The summed E-state index contributed by atoms with van der Waals surface area (Å²) < 4.78 is 5.96. The number of benzene rings is 8. The van der Waals surface area contributed by atoms with Gasteiger partial charge in [0.1, 0.15) is 12.4 Å². The monoisotopic (exact) mass is 1100 g/mol. The van der Waals surface area contributed by atoms with Crippen molar-refractivity contribution < 1.29 is 4.74 Å². The Labute approximate surface area is 499 Å². The molecule has 4 aliphatic rings. The molecule has 8 aromatic carbocycles. The first-order valence-electron chi connectivity index (χ1n) is 30.7. The standard InChI is InChI=1S/C18H20.C17H19N.C17H18O.C17H18S.4C2H6.CH4/c1-13(2)18-16-9-5-3-7-14(16)11-12-15-8-4-6-10-17(15)18;3*1-12(2)17-14-8-4-3-7-13(14)11-18-16-10-6-5-9-15(16)17;4*1-2;/h3-10,13,18H,11-12H2,1-2H3;3-10,12,17-18H,11H2,1-2H3;2*3-10,12,17H,11H2,1-2H3;4*1-2H3;1H4. The Hall–Kier alpha value is -6.29. The first-order valence-corrected chi connectivity index (χ1v) is 31.7. The molecule has 8 aromatic rings. The maximum atomic E-state index is 5.96. The highest BCUT2D eigenvalue weighted by molar-refractivity contribution is 7.98. The van der Waals surface area contributed by atoms with E-state index in [1.807, 2.05) is 73.2 Å². The van der Waals surface area contributed by atoms with Crippen LogP contribution in [0.25, 0.3) is 0 Å². The van der Waals surface area contributed by atoms with Gasteiger partial charge in [0.25, 0.3) is 0 Å². The minimum absolute atomic E-state index is 0. The van der Waals surface area contributed by atoms with Gasteiger partial charge >= 0.3 is 0 Å².